The fraction of sp³-hybridized carbons (Fsp3) is 0.864. The van der Waals surface area contributed by atoms with Gasteiger partial charge in [0.2, 0.25) is 0 Å². The summed E-state index contributed by atoms with van der Waals surface area (Å²) >= 11 is 0. The number of aliphatic hydroxyl groups is 1. The van der Waals surface area contributed by atoms with E-state index in [0.29, 0.717) is 6.17 Å². The fourth-order valence-corrected chi connectivity index (χ4v) is 3.50. The van der Waals surface area contributed by atoms with Crippen LogP contribution in [-0.2, 0) is 0 Å². The molecule has 146 valence electrons. The summed E-state index contributed by atoms with van der Waals surface area (Å²) in [4.78, 5) is 6.80. The molecule has 3 heteroatoms. The monoisotopic (exact) mass is 350 g/mol. The van der Waals surface area contributed by atoms with Crippen molar-refractivity contribution in [3.05, 3.63) is 12.2 Å². The van der Waals surface area contributed by atoms with Crippen LogP contribution in [-0.4, -0.2) is 42.1 Å². The number of rotatable bonds is 17. The summed E-state index contributed by atoms with van der Waals surface area (Å²) in [5.41, 5.74) is 0. The van der Waals surface area contributed by atoms with Gasteiger partial charge >= 0.3 is 0 Å². The molecule has 0 saturated carbocycles. The van der Waals surface area contributed by atoms with Crippen LogP contribution in [0.1, 0.15) is 96.8 Å². The van der Waals surface area contributed by atoms with Crippen molar-refractivity contribution in [3.63, 3.8) is 0 Å². The van der Waals surface area contributed by atoms with Gasteiger partial charge in [0.05, 0.1) is 6.61 Å². The van der Waals surface area contributed by atoms with E-state index in [2.05, 4.69) is 29.0 Å². The Labute approximate surface area is 156 Å². The number of unbranched alkanes of at least 4 members (excludes halogenated alkanes) is 11. The Morgan fingerprint density at radius 3 is 2.16 bits per heavy atom. The first kappa shape index (κ1) is 22.4. The Bertz CT molecular complexity index is 341. The first-order valence-electron chi connectivity index (χ1n) is 10.9. The molecule has 3 nitrogen and oxygen atoms in total. The van der Waals surface area contributed by atoms with Gasteiger partial charge in [-0.3, -0.25) is 9.89 Å². The summed E-state index contributed by atoms with van der Waals surface area (Å²) < 4.78 is 0. The third-order valence-electron chi connectivity index (χ3n) is 5.13. The first-order chi connectivity index (χ1) is 12.4. The standard InChI is InChI=1S/C22H42N2O/c1-2-3-4-5-6-7-8-9-10-11-12-13-14-15-16-17-22-23-18-19-24(22)20-21-25/h5-6,18,22,25H,2-4,7-17,19-21H2,1H3/b6-5+. The third-order valence-corrected chi connectivity index (χ3v) is 5.13. The average molecular weight is 351 g/mol. The van der Waals surface area contributed by atoms with Gasteiger partial charge in [-0.25, -0.2) is 0 Å². The lowest BCUT2D eigenvalue weighted by Crippen LogP contribution is -2.32. The van der Waals surface area contributed by atoms with Crippen LogP contribution in [0.4, 0.5) is 0 Å². The van der Waals surface area contributed by atoms with Crippen LogP contribution in [0.25, 0.3) is 0 Å². The summed E-state index contributed by atoms with van der Waals surface area (Å²) in [5, 5.41) is 9.05. The second-order valence-corrected chi connectivity index (χ2v) is 7.40. The van der Waals surface area contributed by atoms with E-state index in [1.54, 1.807) is 0 Å². The zero-order valence-corrected chi connectivity index (χ0v) is 16.7. The predicted octanol–water partition coefficient (Wildman–Crippen LogP) is 5.73. The quantitative estimate of drug-likeness (QED) is 0.269. The van der Waals surface area contributed by atoms with Crippen LogP contribution in [0.3, 0.4) is 0 Å². The van der Waals surface area contributed by atoms with Gasteiger partial charge in [-0.15, -0.1) is 0 Å². The number of aliphatic hydroxyl groups excluding tert-OH is 1. The predicted molar refractivity (Wildman–Crippen MR) is 110 cm³/mol. The van der Waals surface area contributed by atoms with Crippen LogP contribution < -0.4 is 0 Å². The second kappa shape index (κ2) is 16.8. The van der Waals surface area contributed by atoms with E-state index in [1.807, 2.05) is 6.21 Å². The van der Waals surface area contributed by atoms with Crippen molar-refractivity contribution in [2.45, 2.75) is 103 Å². The van der Waals surface area contributed by atoms with Gasteiger partial charge < -0.3 is 5.11 Å². The van der Waals surface area contributed by atoms with Crippen LogP contribution in [0.5, 0.6) is 0 Å². The maximum Gasteiger partial charge on any atom is 0.102 e. The van der Waals surface area contributed by atoms with E-state index in [9.17, 15) is 0 Å². The zero-order chi connectivity index (χ0) is 18.0. The number of hydrogen-bond acceptors (Lipinski definition) is 3. The molecule has 1 aliphatic rings. The van der Waals surface area contributed by atoms with E-state index < -0.39 is 0 Å². The Morgan fingerprint density at radius 1 is 0.920 bits per heavy atom. The number of β-amino-alcohol motifs (C(OH)–C–C–N with tert-alkyl or cyclic N) is 1. The van der Waals surface area contributed by atoms with Crippen molar-refractivity contribution in [1.29, 1.82) is 0 Å². The molecule has 1 rings (SSSR count). The summed E-state index contributed by atoms with van der Waals surface area (Å²) in [7, 11) is 0. The highest BCUT2D eigenvalue weighted by Gasteiger charge is 2.19. The maximum atomic E-state index is 9.05. The van der Waals surface area contributed by atoms with Crippen molar-refractivity contribution in [1.82, 2.24) is 4.90 Å². The highest BCUT2D eigenvalue weighted by Crippen LogP contribution is 2.16. The molecular formula is C22H42N2O. The highest BCUT2D eigenvalue weighted by atomic mass is 16.3. The normalized spacial score (nSPS) is 17.9. The molecular weight excluding hydrogens is 308 g/mol. The number of nitrogens with zero attached hydrogens (tertiary/aromatic N) is 2. The zero-order valence-electron chi connectivity index (χ0n) is 16.7. The van der Waals surface area contributed by atoms with Gasteiger partial charge in [-0.2, -0.15) is 0 Å². The molecule has 0 bridgehead atoms. The van der Waals surface area contributed by atoms with Crippen molar-refractivity contribution in [3.8, 4) is 0 Å². The topological polar surface area (TPSA) is 35.8 Å². The molecule has 1 N–H and O–H groups in total. The molecule has 0 amide bonds. The molecule has 0 aromatic rings. The fourth-order valence-electron chi connectivity index (χ4n) is 3.50. The van der Waals surface area contributed by atoms with Crippen molar-refractivity contribution in [2.24, 2.45) is 4.99 Å². The van der Waals surface area contributed by atoms with E-state index in [4.69, 9.17) is 5.11 Å². The molecule has 1 heterocycles. The second-order valence-electron chi connectivity index (χ2n) is 7.40. The van der Waals surface area contributed by atoms with Gasteiger partial charge in [0.15, 0.2) is 0 Å². The minimum absolute atomic E-state index is 0.245. The molecule has 1 aliphatic heterocycles. The molecule has 1 unspecified atom stereocenters. The summed E-state index contributed by atoms with van der Waals surface area (Å²) in [6.07, 6.45) is 25.8. The van der Waals surface area contributed by atoms with Gasteiger partial charge in [0, 0.05) is 19.3 Å². The first-order valence-corrected chi connectivity index (χ1v) is 10.9. The van der Waals surface area contributed by atoms with Crippen molar-refractivity contribution >= 4 is 6.21 Å². The lowest BCUT2D eigenvalue weighted by atomic mass is 10.0. The van der Waals surface area contributed by atoms with Gasteiger partial charge in [0.1, 0.15) is 6.17 Å². The molecule has 25 heavy (non-hydrogen) atoms. The largest absolute Gasteiger partial charge is 0.395 e. The van der Waals surface area contributed by atoms with E-state index in [0.717, 1.165) is 19.5 Å². The lowest BCUT2D eigenvalue weighted by Gasteiger charge is -2.21. The number of hydrogen-bond donors (Lipinski definition) is 1. The minimum Gasteiger partial charge on any atom is -0.395 e. The number of allylic oxidation sites excluding steroid dienone is 2. The molecule has 0 aliphatic carbocycles. The summed E-state index contributed by atoms with van der Waals surface area (Å²) in [6.45, 7) is 4.18. The van der Waals surface area contributed by atoms with Crippen LogP contribution in [0.2, 0.25) is 0 Å². The van der Waals surface area contributed by atoms with Gasteiger partial charge in [-0.1, -0.05) is 76.9 Å². The number of aliphatic imine (C=N–C) groups is 1. The van der Waals surface area contributed by atoms with E-state index in [-0.39, 0.29) is 6.61 Å². The van der Waals surface area contributed by atoms with Crippen LogP contribution in [0, 0.1) is 0 Å². The van der Waals surface area contributed by atoms with E-state index in [1.165, 1.54) is 83.5 Å². The molecule has 1 atom stereocenters. The molecule has 0 spiro atoms. The molecule has 0 radical (unpaired) electrons. The third kappa shape index (κ3) is 12.3. The lowest BCUT2D eigenvalue weighted by molar-refractivity contribution is 0.176. The Balaban J connectivity index is 1.79. The minimum atomic E-state index is 0.245. The maximum absolute atomic E-state index is 9.05. The molecule has 0 fully saturated rings. The smallest absolute Gasteiger partial charge is 0.102 e. The molecule has 0 aromatic heterocycles. The average Bonchev–Trinajstić information content (AvgIpc) is 3.06. The van der Waals surface area contributed by atoms with E-state index >= 15 is 0 Å². The molecule has 0 aromatic carbocycles. The van der Waals surface area contributed by atoms with Crippen LogP contribution in [0.15, 0.2) is 17.1 Å². The Hall–Kier alpha value is -0.670. The van der Waals surface area contributed by atoms with Crippen molar-refractivity contribution in [2.75, 3.05) is 19.7 Å². The SMILES string of the molecule is CCCC/C=C/CCCCCCCCCCCC1N=CCN1CCO. The highest BCUT2D eigenvalue weighted by molar-refractivity contribution is 5.62. The Kier molecular flexibility index (Phi) is 15.0. The van der Waals surface area contributed by atoms with Gasteiger partial charge in [0.25, 0.3) is 0 Å². The Morgan fingerprint density at radius 2 is 1.52 bits per heavy atom. The van der Waals surface area contributed by atoms with Crippen LogP contribution >= 0.6 is 0 Å². The van der Waals surface area contributed by atoms with Gasteiger partial charge in [-0.05, 0) is 32.1 Å². The summed E-state index contributed by atoms with van der Waals surface area (Å²) in [5.74, 6) is 0. The van der Waals surface area contributed by atoms with Crippen molar-refractivity contribution < 1.29 is 5.11 Å². The summed E-state index contributed by atoms with van der Waals surface area (Å²) in [6, 6.07) is 0. The molecule has 0 saturated heterocycles.